The van der Waals surface area contributed by atoms with Crippen LogP contribution in [0.3, 0.4) is 0 Å². The molecule has 0 aliphatic carbocycles. The van der Waals surface area contributed by atoms with Gasteiger partial charge in [-0.25, -0.2) is 14.8 Å². The van der Waals surface area contributed by atoms with Gasteiger partial charge in [-0.3, -0.25) is 5.32 Å². The summed E-state index contributed by atoms with van der Waals surface area (Å²) < 4.78 is 9.95. The Hall–Kier alpha value is -2.67. The zero-order valence-corrected chi connectivity index (χ0v) is 12.9. The molecule has 0 atom stereocenters. The highest BCUT2D eigenvalue weighted by Crippen LogP contribution is 2.22. The molecule has 2 aromatic rings. The van der Waals surface area contributed by atoms with E-state index in [1.54, 1.807) is 12.3 Å². The minimum atomic E-state index is -0.501. The van der Waals surface area contributed by atoms with Crippen molar-refractivity contribution in [2.45, 2.75) is 0 Å². The Bertz CT molecular complexity index is 687. The first-order valence-corrected chi connectivity index (χ1v) is 7.37. The van der Waals surface area contributed by atoms with Gasteiger partial charge >= 0.3 is 6.09 Å². The lowest BCUT2D eigenvalue weighted by Crippen LogP contribution is -2.37. The van der Waals surface area contributed by atoms with Crippen molar-refractivity contribution >= 4 is 17.7 Å². The summed E-state index contributed by atoms with van der Waals surface area (Å²) in [7, 11) is 1.33. The highest BCUT2D eigenvalue weighted by atomic mass is 16.5. The normalized spacial score (nSPS) is 14.4. The molecule has 1 aliphatic rings. The Morgan fingerprint density at radius 2 is 2.13 bits per heavy atom. The largest absolute Gasteiger partial charge is 0.453 e. The first-order valence-electron chi connectivity index (χ1n) is 7.37. The van der Waals surface area contributed by atoms with E-state index in [9.17, 15) is 4.79 Å². The molecule has 0 bridgehead atoms. The van der Waals surface area contributed by atoms with Gasteiger partial charge in [0.25, 0.3) is 0 Å². The van der Waals surface area contributed by atoms with Crippen LogP contribution in [0, 0.1) is 0 Å². The van der Waals surface area contributed by atoms with Crippen LogP contribution in [0.1, 0.15) is 0 Å². The van der Waals surface area contributed by atoms with Crippen LogP contribution in [-0.4, -0.2) is 49.5 Å². The summed E-state index contributed by atoms with van der Waals surface area (Å²) in [5.74, 6) is 0.692. The third-order valence-electron chi connectivity index (χ3n) is 3.53. The lowest BCUT2D eigenvalue weighted by atomic mass is 10.1. The van der Waals surface area contributed by atoms with Gasteiger partial charge in [-0.2, -0.15) is 0 Å². The number of carbonyl (C=O) groups excluding carboxylic acids is 1. The van der Waals surface area contributed by atoms with E-state index < -0.39 is 6.09 Å². The molecule has 1 saturated heterocycles. The van der Waals surface area contributed by atoms with Crippen LogP contribution in [0.4, 0.5) is 16.4 Å². The molecular formula is C16H18N4O3. The predicted molar refractivity (Wildman–Crippen MR) is 86.5 cm³/mol. The number of anilines is 2. The molecule has 120 valence electrons. The summed E-state index contributed by atoms with van der Waals surface area (Å²) in [6.07, 6.45) is 1.24. The number of hydrogen-bond donors (Lipinski definition) is 1. The van der Waals surface area contributed by atoms with E-state index in [4.69, 9.17) is 4.74 Å². The Labute approximate surface area is 134 Å². The van der Waals surface area contributed by atoms with E-state index in [0.717, 1.165) is 24.3 Å². The van der Waals surface area contributed by atoms with Crippen molar-refractivity contribution in [1.82, 2.24) is 9.97 Å². The molecule has 3 rings (SSSR count). The smallest absolute Gasteiger partial charge is 0.411 e. The predicted octanol–water partition coefficient (Wildman–Crippen LogP) is 2.16. The van der Waals surface area contributed by atoms with Crippen LogP contribution in [0.15, 0.2) is 36.5 Å². The van der Waals surface area contributed by atoms with Gasteiger partial charge in [0.15, 0.2) is 0 Å². The molecule has 1 N–H and O–H groups in total. The standard InChI is InChI=1S/C16H18N4O3/c1-22-16(21)18-13-4-2-3-12(11-13)14-5-6-17-15(19-14)20-7-9-23-10-8-20/h2-6,11H,7-10H2,1H3,(H,18,21). The fourth-order valence-electron chi connectivity index (χ4n) is 2.35. The summed E-state index contributed by atoms with van der Waals surface area (Å²) in [4.78, 5) is 22.4. The summed E-state index contributed by atoms with van der Waals surface area (Å²) >= 11 is 0. The number of morpholine rings is 1. The quantitative estimate of drug-likeness (QED) is 0.935. The Morgan fingerprint density at radius 1 is 1.30 bits per heavy atom. The van der Waals surface area contributed by atoms with Crippen LogP contribution >= 0.6 is 0 Å². The van der Waals surface area contributed by atoms with Gasteiger partial charge in [-0.05, 0) is 18.2 Å². The fraction of sp³-hybridized carbons (Fsp3) is 0.312. The average Bonchev–Trinajstić information content (AvgIpc) is 2.63. The molecular weight excluding hydrogens is 296 g/mol. The average molecular weight is 314 g/mol. The second-order valence-electron chi connectivity index (χ2n) is 5.04. The van der Waals surface area contributed by atoms with Gasteiger partial charge in [-0.15, -0.1) is 0 Å². The molecule has 0 radical (unpaired) electrons. The van der Waals surface area contributed by atoms with E-state index in [-0.39, 0.29) is 0 Å². The zero-order chi connectivity index (χ0) is 16.1. The number of rotatable bonds is 3. The molecule has 1 fully saturated rings. The molecule has 1 amide bonds. The van der Waals surface area contributed by atoms with E-state index in [2.05, 4.69) is 24.9 Å². The Morgan fingerprint density at radius 3 is 2.91 bits per heavy atom. The van der Waals surface area contributed by atoms with Gasteiger partial charge in [0.2, 0.25) is 5.95 Å². The molecule has 1 aromatic heterocycles. The van der Waals surface area contributed by atoms with Crippen molar-refractivity contribution in [2.24, 2.45) is 0 Å². The molecule has 0 unspecified atom stereocenters. The van der Waals surface area contributed by atoms with E-state index in [0.29, 0.717) is 24.8 Å². The highest BCUT2D eigenvalue weighted by molar-refractivity contribution is 5.85. The topological polar surface area (TPSA) is 76.6 Å². The van der Waals surface area contributed by atoms with Gasteiger partial charge in [0.05, 0.1) is 26.0 Å². The first kappa shape index (κ1) is 15.2. The number of amides is 1. The summed E-state index contributed by atoms with van der Waals surface area (Å²) in [6, 6.07) is 9.29. The third-order valence-corrected chi connectivity index (χ3v) is 3.53. The number of methoxy groups -OCH3 is 1. The van der Waals surface area contributed by atoms with E-state index >= 15 is 0 Å². The Balaban J connectivity index is 1.83. The maximum atomic E-state index is 11.3. The zero-order valence-electron chi connectivity index (χ0n) is 12.9. The molecule has 1 aromatic carbocycles. The lowest BCUT2D eigenvalue weighted by molar-refractivity contribution is 0.122. The van der Waals surface area contributed by atoms with Crippen molar-refractivity contribution in [3.05, 3.63) is 36.5 Å². The number of hydrogen-bond acceptors (Lipinski definition) is 6. The van der Waals surface area contributed by atoms with Crippen LogP contribution in [0.25, 0.3) is 11.3 Å². The maximum Gasteiger partial charge on any atom is 0.411 e. The van der Waals surface area contributed by atoms with E-state index in [1.807, 2.05) is 24.3 Å². The van der Waals surface area contributed by atoms with Gasteiger partial charge in [0, 0.05) is 30.5 Å². The molecule has 0 saturated carbocycles. The number of carbonyl (C=O) groups is 1. The van der Waals surface area contributed by atoms with Gasteiger partial charge < -0.3 is 14.4 Å². The summed E-state index contributed by atoms with van der Waals surface area (Å²) in [5, 5.41) is 2.65. The number of nitrogens with zero attached hydrogens (tertiary/aromatic N) is 3. The highest BCUT2D eigenvalue weighted by Gasteiger charge is 2.14. The fourth-order valence-corrected chi connectivity index (χ4v) is 2.35. The molecule has 1 aliphatic heterocycles. The molecule has 0 spiro atoms. The number of benzene rings is 1. The molecule has 23 heavy (non-hydrogen) atoms. The van der Waals surface area contributed by atoms with Crippen LogP contribution in [0.5, 0.6) is 0 Å². The van der Waals surface area contributed by atoms with E-state index in [1.165, 1.54) is 7.11 Å². The minimum absolute atomic E-state index is 0.501. The van der Waals surface area contributed by atoms with Crippen molar-refractivity contribution in [1.29, 1.82) is 0 Å². The van der Waals surface area contributed by atoms with Crippen molar-refractivity contribution in [2.75, 3.05) is 43.6 Å². The number of aromatic nitrogens is 2. The summed E-state index contributed by atoms with van der Waals surface area (Å²) in [6.45, 7) is 2.94. The van der Waals surface area contributed by atoms with Crippen LogP contribution < -0.4 is 10.2 Å². The summed E-state index contributed by atoms with van der Waals surface area (Å²) in [5.41, 5.74) is 2.35. The second-order valence-corrected chi connectivity index (χ2v) is 5.04. The second kappa shape index (κ2) is 7.06. The van der Waals surface area contributed by atoms with Crippen LogP contribution in [-0.2, 0) is 9.47 Å². The van der Waals surface area contributed by atoms with Crippen molar-refractivity contribution < 1.29 is 14.3 Å². The van der Waals surface area contributed by atoms with Gasteiger partial charge in [0.1, 0.15) is 0 Å². The monoisotopic (exact) mass is 314 g/mol. The van der Waals surface area contributed by atoms with Crippen LogP contribution in [0.2, 0.25) is 0 Å². The number of nitrogens with one attached hydrogen (secondary N) is 1. The number of ether oxygens (including phenoxy) is 2. The minimum Gasteiger partial charge on any atom is -0.453 e. The lowest BCUT2D eigenvalue weighted by Gasteiger charge is -2.26. The van der Waals surface area contributed by atoms with Crippen molar-refractivity contribution in [3.8, 4) is 11.3 Å². The Kier molecular flexibility index (Phi) is 4.68. The maximum absolute atomic E-state index is 11.3. The molecule has 7 heteroatoms. The van der Waals surface area contributed by atoms with Gasteiger partial charge in [-0.1, -0.05) is 12.1 Å². The third kappa shape index (κ3) is 3.75. The first-order chi connectivity index (χ1) is 11.3. The SMILES string of the molecule is COC(=O)Nc1cccc(-c2ccnc(N3CCOCC3)n2)c1. The molecule has 2 heterocycles. The van der Waals surface area contributed by atoms with Crippen molar-refractivity contribution in [3.63, 3.8) is 0 Å². The molecule has 7 nitrogen and oxygen atoms in total.